The maximum absolute atomic E-state index is 11.4. The molecule has 1 fully saturated rings. The lowest BCUT2D eigenvalue weighted by atomic mass is 10.2. The maximum atomic E-state index is 11.4. The fraction of sp³-hybridized carbons (Fsp3) is 1.00. The van der Waals surface area contributed by atoms with Crippen LogP contribution in [0, 0.1) is 0 Å². The van der Waals surface area contributed by atoms with Crippen molar-refractivity contribution in [1.82, 2.24) is 4.31 Å². The van der Waals surface area contributed by atoms with Gasteiger partial charge in [0.1, 0.15) is 9.84 Å². The zero-order valence-electron chi connectivity index (χ0n) is 7.88. The van der Waals surface area contributed by atoms with Crippen molar-refractivity contribution >= 4 is 19.9 Å². The second-order valence-electron chi connectivity index (χ2n) is 3.52. The molecule has 0 bridgehead atoms. The fourth-order valence-electron chi connectivity index (χ4n) is 1.08. The highest BCUT2D eigenvalue weighted by Gasteiger charge is 2.33. The fourth-order valence-corrected chi connectivity index (χ4v) is 4.23. The molecule has 84 valence electrons. The minimum absolute atomic E-state index is 0.108. The van der Waals surface area contributed by atoms with Crippen molar-refractivity contribution in [2.45, 2.75) is 6.04 Å². The third-order valence-electron chi connectivity index (χ3n) is 1.98. The first-order valence-electron chi connectivity index (χ1n) is 4.12. The predicted molar refractivity (Wildman–Crippen MR) is 53.0 cm³/mol. The largest absolute Gasteiger partial charge is 0.325 e. The van der Waals surface area contributed by atoms with E-state index in [2.05, 4.69) is 0 Å². The van der Waals surface area contributed by atoms with Crippen LogP contribution in [0.5, 0.6) is 0 Å². The molecule has 14 heavy (non-hydrogen) atoms. The third kappa shape index (κ3) is 3.19. The first kappa shape index (κ1) is 11.9. The van der Waals surface area contributed by atoms with E-state index < -0.39 is 19.9 Å². The topological polar surface area (TPSA) is 97.5 Å². The van der Waals surface area contributed by atoms with E-state index in [0.717, 1.165) is 6.26 Å². The Morgan fingerprint density at radius 1 is 1.21 bits per heavy atom. The molecule has 2 N–H and O–H groups in total. The van der Waals surface area contributed by atoms with Gasteiger partial charge in [0.25, 0.3) is 0 Å². The quantitative estimate of drug-likeness (QED) is 0.615. The van der Waals surface area contributed by atoms with Crippen molar-refractivity contribution in [1.29, 1.82) is 0 Å². The lowest BCUT2D eigenvalue weighted by Crippen LogP contribution is -2.58. The smallest absolute Gasteiger partial charge is 0.215 e. The van der Waals surface area contributed by atoms with Crippen LogP contribution < -0.4 is 5.73 Å². The molecule has 6 nitrogen and oxygen atoms in total. The monoisotopic (exact) mass is 242 g/mol. The molecule has 0 aliphatic carbocycles. The summed E-state index contributed by atoms with van der Waals surface area (Å²) in [7, 11) is -6.64. The van der Waals surface area contributed by atoms with Gasteiger partial charge < -0.3 is 5.73 Å². The Kier molecular flexibility index (Phi) is 3.20. The first-order valence-corrected chi connectivity index (χ1v) is 7.79. The van der Waals surface area contributed by atoms with E-state index in [4.69, 9.17) is 5.73 Å². The Morgan fingerprint density at radius 3 is 2.07 bits per heavy atom. The summed E-state index contributed by atoms with van der Waals surface area (Å²) in [4.78, 5) is 0. The van der Waals surface area contributed by atoms with E-state index in [1.165, 1.54) is 4.31 Å². The molecule has 0 atom stereocenters. The molecule has 0 unspecified atom stereocenters. The molecule has 0 amide bonds. The summed E-state index contributed by atoms with van der Waals surface area (Å²) in [5.74, 6) is -0.681. The molecule has 0 aromatic carbocycles. The van der Waals surface area contributed by atoms with E-state index in [1.54, 1.807) is 0 Å². The van der Waals surface area contributed by atoms with Gasteiger partial charge in [-0.15, -0.1) is 0 Å². The summed E-state index contributed by atoms with van der Waals surface area (Å²) in [5, 5.41) is 0. The molecule has 1 saturated heterocycles. The zero-order chi connectivity index (χ0) is 11.0. The molecule has 0 aromatic heterocycles. The molecule has 0 aromatic rings. The highest BCUT2D eigenvalue weighted by Crippen LogP contribution is 2.12. The Balaban J connectivity index is 2.52. The molecular weight excluding hydrogens is 228 g/mol. The van der Waals surface area contributed by atoms with Crippen molar-refractivity contribution in [3.05, 3.63) is 0 Å². The van der Waals surface area contributed by atoms with E-state index in [9.17, 15) is 16.8 Å². The van der Waals surface area contributed by atoms with Crippen LogP contribution in [0.15, 0.2) is 0 Å². The number of sulfonamides is 1. The predicted octanol–water partition coefficient (Wildman–Crippen LogP) is -2.00. The van der Waals surface area contributed by atoms with Crippen LogP contribution in [-0.2, 0) is 19.9 Å². The first-order chi connectivity index (χ1) is 6.21. The zero-order valence-corrected chi connectivity index (χ0v) is 9.51. The van der Waals surface area contributed by atoms with Crippen LogP contribution in [0.2, 0.25) is 0 Å². The average molecular weight is 242 g/mol. The summed E-state index contributed by atoms with van der Waals surface area (Å²) in [6.45, 7) is 0.595. The van der Waals surface area contributed by atoms with Crippen molar-refractivity contribution in [3.8, 4) is 0 Å². The number of nitrogens with zero attached hydrogens (tertiary/aromatic N) is 1. The molecule has 1 aliphatic rings. The van der Waals surface area contributed by atoms with E-state index >= 15 is 0 Å². The van der Waals surface area contributed by atoms with Gasteiger partial charge in [-0.3, -0.25) is 0 Å². The van der Waals surface area contributed by atoms with Crippen LogP contribution in [-0.4, -0.2) is 58.0 Å². The maximum Gasteiger partial charge on any atom is 0.215 e. The molecule has 1 rings (SSSR count). The third-order valence-corrected chi connectivity index (χ3v) is 4.99. The normalized spacial score (nSPS) is 20.7. The van der Waals surface area contributed by atoms with Gasteiger partial charge in [-0.05, 0) is 0 Å². The van der Waals surface area contributed by atoms with Crippen LogP contribution in [0.25, 0.3) is 0 Å². The van der Waals surface area contributed by atoms with Crippen LogP contribution in [0.3, 0.4) is 0 Å². The lowest BCUT2D eigenvalue weighted by Gasteiger charge is -2.35. The summed E-state index contributed by atoms with van der Waals surface area (Å²) < 4.78 is 45.6. The van der Waals surface area contributed by atoms with Crippen molar-refractivity contribution in [2.75, 3.05) is 30.9 Å². The summed E-state index contributed by atoms with van der Waals surface area (Å²) >= 11 is 0. The van der Waals surface area contributed by atoms with E-state index in [-0.39, 0.29) is 17.5 Å². The number of rotatable bonds is 4. The van der Waals surface area contributed by atoms with Gasteiger partial charge >= 0.3 is 0 Å². The molecule has 1 aliphatic heterocycles. The van der Waals surface area contributed by atoms with Gasteiger partial charge in [0, 0.05) is 25.4 Å². The molecular formula is C6H14N2O4S2. The van der Waals surface area contributed by atoms with Crippen molar-refractivity contribution in [3.63, 3.8) is 0 Å². The minimum Gasteiger partial charge on any atom is -0.325 e. The standard InChI is InChI=1S/C6H14N2O4S2/c1-13(9,10)2-3-14(11,12)8-4-6(7)5-8/h6H,2-5,7H2,1H3. The number of hydrogen-bond acceptors (Lipinski definition) is 5. The Labute approximate surface area is 84.0 Å². The summed E-state index contributed by atoms with van der Waals surface area (Å²) in [6.07, 6.45) is 1.02. The second-order valence-corrected chi connectivity index (χ2v) is 7.87. The summed E-state index contributed by atoms with van der Waals surface area (Å²) in [6, 6.07) is -0.108. The number of nitrogens with two attached hydrogens (primary N) is 1. The summed E-state index contributed by atoms with van der Waals surface area (Å²) in [5.41, 5.74) is 5.42. The van der Waals surface area contributed by atoms with Crippen LogP contribution in [0.4, 0.5) is 0 Å². The van der Waals surface area contributed by atoms with Gasteiger partial charge in [0.15, 0.2) is 0 Å². The Hall–Kier alpha value is -0.180. The number of sulfone groups is 1. The van der Waals surface area contributed by atoms with Gasteiger partial charge in [-0.2, -0.15) is 4.31 Å². The van der Waals surface area contributed by atoms with Gasteiger partial charge in [0.05, 0.1) is 11.5 Å². The molecule has 0 saturated carbocycles. The van der Waals surface area contributed by atoms with E-state index in [1.807, 2.05) is 0 Å². The molecule has 8 heteroatoms. The van der Waals surface area contributed by atoms with E-state index in [0.29, 0.717) is 13.1 Å². The SMILES string of the molecule is CS(=O)(=O)CCS(=O)(=O)N1CC(N)C1. The second kappa shape index (κ2) is 3.76. The number of hydrogen-bond donors (Lipinski definition) is 1. The van der Waals surface area contributed by atoms with Crippen molar-refractivity contribution < 1.29 is 16.8 Å². The van der Waals surface area contributed by atoms with Crippen LogP contribution >= 0.6 is 0 Å². The van der Waals surface area contributed by atoms with Gasteiger partial charge in [-0.25, -0.2) is 16.8 Å². The average Bonchev–Trinajstić information content (AvgIpc) is 1.94. The highest BCUT2D eigenvalue weighted by molar-refractivity contribution is 7.93. The van der Waals surface area contributed by atoms with Crippen LogP contribution in [0.1, 0.15) is 0 Å². The van der Waals surface area contributed by atoms with Gasteiger partial charge in [0.2, 0.25) is 10.0 Å². The van der Waals surface area contributed by atoms with Gasteiger partial charge in [-0.1, -0.05) is 0 Å². The molecule has 0 radical (unpaired) electrons. The Morgan fingerprint density at radius 2 is 1.71 bits per heavy atom. The molecule has 0 spiro atoms. The lowest BCUT2D eigenvalue weighted by molar-refractivity contribution is 0.266. The highest BCUT2D eigenvalue weighted by atomic mass is 32.2. The molecule has 1 heterocycles. The Bertz CT molecular complexity index is 394. The minimum atomic E-state index is -3.42. The van der Waals surface area contributed by atoms with Crippen molar-refractivity contribution in [2.24, 2.45) is 5.73 Å².